The van der Waals surface area contributed by atoms with Gasteiger partial charge in [-0.05, 0) is 142 Å². The lowest BCUT2D eigenvalue weighted by Crippen LogP contribution is -2.64. The van der Waals surface area contributed by atoms with Crippen molar-refractivity contribution in [2.24, 2.45) is 51.2 Å². The molecule has 7 heteroatoms. The molecule has 0 aromatic carbocycles. The highest BCUT2D eigenvalue weighted by Crippen LogP contribution is 2.72. The fraction of sp³-hybridized carbons (Fsp3) is 0.857. The molecule has 1 saturated heterocycles. The van der Waals surface area contributed by atoms with E-state index in [0.717, 1.165) is 89.3 Å². The first-order valence-corrected chi connectivity index (χ1v) is 19.9. The number of nitrogens with zero attached hydrogens (tertiary/aromatic N) is 1. The smallest absolute Gasteiger partial charge is 0.307 e. The zero-order valence-electron chi connectivity index (χ0n) is 32.1. The summed E-state index contributed by atoms with van der Waals surface area (Å²) in [5, 5.41) is 3.56. The maximum absolute atomic E-state index is 13.8. The molecule has 4 saturated carbocycles. The van der Waals surface area contributed by atoms with E-state index in [1.807, 2.05) is 0 Å². The Hall–Kier alpha value is -2.02. The highest BCUT2D eigenvalue weighted by atomic mass is 16.5. The van der Waals surface area contributed by atoms with Gasteiger partial charge in [-0.3, -0.25) is 14.4 Å². The van der Waals surface area contributed by atoms with Crippen LogP contribution >= 0.6 is 0 Å². The number of allylic oxidation sites excluding steroid dienone is 1. The third kappa shape index (κ3) is 6.39. The monoisotopic (exact) mass is 678 g/mol. The van der Waals surface area contributed by atoms with E-state index in [4.69, 9.17) is 4.74 Å². The second-order valence-corrected chi connectivity index (χ2v) is 19.5. The number of hydrogen-bond acceptors (Lipinski definition) is 6. The number of nitrogens with one attached hydrogen (secondary N) is 1. The Morgan fingerprint density at radius 3 is 2.33 bits per heavy atom. The number of Topliss-reactive ketones (excluding diaryl/α,β-unsaturated/α-hetero) is 1. The minimum absolute atomic E-state index is 0.117. The van der Waals surface area contributed by atoms with Gasteiger partial charge in [0, 0.05) is 23.7 Å². The van der Waals surface area contributed by atoms with E-state index in [-0.39, 0.29) is 52.3 Å². The van der Waals surface area contributed by atoms with Crippen LogP contribution in [0.1, 0.15) is 145 Å². The van der Waals surface area contributed by atoms with E-state index in [0.29, 0.717) is 36.5 Å². The van der Waals surface area contributed by atoms with Gasteiger partial charge in [-0.1, -0.05) is 55.4 Å². The minimum atomic E-state index is -0.710. The van der Waals surface area contributed by atoms with Gasteiger partial charge in [0.1, 0.15) is 12.4 Å². The van der Waals surface area contributed by atoms with Gasteiger partial charge < -0.3 is 19.7 Å². The summed E-state index contributed by atoms with van der Waals surface area (Å²) in [6.07, 6.45) is 13.5. The SMILES string of the molecule is CC(C)C1=C2C3CCC4C(C)(CCC5C(C)(C)C(OC(=O)CC(C)(C)C=O)CCC54C)C3CCC2(NC(=O)CCCN2CCCC2)CC1=O. The van der Waals surface area contributed by atoms with Crippen molar-refractivity contribution in [2.75, 3.05) is 19.6 Å². The molecule has 5 fully saturated rings. The summed E-state index contributed by atoms with van der Waals surface area (Å²) in [4.78, 5) is 54.4. The number of esters is 1. The fourth-order valence-electron chi connectivity index (χ4n) is 13.0. The average molecular weight is 679 g/mol. The van der Waals surface area contributed by atoms with Gasteiger partial charge in [-0.25, -0.2) is 0 Å². The highest BCUT2D eigenvalue weighted by molar-refractivity contribution is 6.02. The standard InChI is InChI=1S/C42H66N2O5/c1-27(2)36-30(46)24-42(43-34(47)12-11-23-44-21-9-10-22-44)20-15-29-28(37(36)42)13-14-32-40(29,7)18-16-31-39(5,6)33(17-19-41(31,32)8)49-35(48)25-38(3,4)26-45/h26-29,31-33H,9-25H2,1-8H3,(H,43,47). The number of likely N-dealkylation sites (tertiary alicyclic amines) is 1. The summed E-state index contributed by atoms with van der Waals surface area (Å²) in [6, 6.07) is 0. The summed E-state index contributed by atoms with van der Waals surface area (Å²) >= 11 is 0. The Morgan fingerprint density at radius 2 is 1.65 bits per heavy atom. The van der Waals surface area contributed by atoms with Crippen LogP contribution in [0.15, 0.2) is 11.1 Å². The van der Waals surface area contributed by atoms with Gasteiger partial charge >= 0.3 is 5.97 Å². The van der Waals surface area contributed by atoms with Gasteiger partial charge in [-0.2, -0.15) is 0 Å². The lowest BCUT2D eigenvalue weighted by molar-refractivity contribution is -0.213. The van der Waals surface area contributed by atoms with Crippen molar-refractivity contribution in [1.82, 2.24) is 10.2 Å². The van der Waals surface area contributed by atoms with Crippen molar-refractivity contribution in [1.29, 1.82) is 0 Å². The first-order chi connectivity index (χ1) is 23.0. The third-order valence-electron chi connectivity index (χ3n) is 15.2. The summed E-state index contributed by atoms with van der Waals surface area (Å²) in [6.45, 7) is 21.0. The summed E-state index contributed by atoms with van der Waals surface area (Å²) in [7, 11) is 0. The first kappa shape index (κ1) is 36.8. The molecular formula is C42H66N2O5. The van der Waals surface area contributed by atoms with E-state index >= 15 is 0 Å². The number of ether oxygens (including phenoxy) is 1. The first-order valence-electron chi connectivity index (χ1n) is 19.9. The zero-order valence-corrected chi connectivity index (χ0v) is 32.1. The van der Waals surface area contributed by atoms with Crippen molar-refractivity contribution in [3.63, 3.8) is 0 Å². The Bertz CT molecular complexity index is 1360. The predicted octanol–water partition coefficient (Wildman–Crippen LogP) is 7.85. The molecule has 0 aromatic heterocycles. The van der Waals surface area contributed by atoms with Crippen LogP contribution in [0.4, 0.5) is 0 Å². The normalized spacial score (nSPS) is 38.8. The number of ketones is 1. The van der Waals surface area contributed by atoms with Crippen LogP contribution in [0.3, 0.4) is 0 Å². The molecule has 5 aliphatic carbocycles. The molecule has 6 aliphatic rings. The highest BCUT2D eigenvalue weighted by Gasteiger charge is 2.66. The summed E-state index contributed by atoms with van der Waals surface area (Å²) < 4.78 is 6.20. The molecular weight excluding hydrogens is 612 g/mol. The number of fused-ring (bicyclic) bond motifs is 7. The number of amides is 1. The van der Waals surface area contributed by atoms with E-state index in [1.165, 1.54) is 18.4 Å². The molecule has 1 aliphatic heterocycles. The molecule has 0 radical (unpaired) electrons. The molecule has 274 valence electrons. The topological polar surface area (TPSA) is 92.8 Å². The van der Waals surface area contributed by atoms with E-state index in [9.17, 15) is 19.2 Å². The van der Waals surface area contributed by atoms with Gasteiger partial charge in [0.25, 0.3) is 0 Å². The lowest BCUT2D eigenvalue weighted by Gasteiger charge is -2.68. The number of hydrogen-bond donors (Lipinski definition) is 1. The molecule has 7 nitrogen and oxygen atoms in total. The van der Waals surface area contributed by atoms with Crippen LogP contribution in [-0.2, 0) is 23.9 Å². The largest absolute Gasteiger partial charge is 0.462 e. The summed E-state index contributed by atoms with van der Waals surface area (Å²) in [5.74, 6) is 2.14. The van der Waals surface area contributed by atoms with Crippen molar-refractivity contribution < 1.29 is 23.9 Å². The third-order valence-corrected chi connectivity index (χ3v) is 15.2. The molecule has 1 N–H and O–H groups in total. The quantitative estimate of drug-likeness (QED) is 0.187. The van der Waals surface area contributed by atoms with Gasteiger partial charge in [0.15, 0.2) is 5.78 Å². The van der Waals surface area contributed by atoms with Crippen molar-refractivity contribution in [3.05, 3.63) is 11.1 Å². The molecule has 8 unspecified atom stereocenters. The maximum Gasteiger partial charge on any atom is 0.307 e. The van der Waals surface area contributed by atoms with Crippen LogP contribution in [0.5, 0.6) is 0 Å². The van der Waals surface area contributed by atoms with E-state index in [2.05, 4.69) is 51.8 Å². The van der Waals surface area contributed by atoms with Gasteiger partial charge in [0.2, 0.25) is 5.91 Å². The Morgan fingerprint density at radius 1 is 0.959 bits per heavy atom. The van der Waals surface area contributed by atoms with E-state index in [1.54, 1.807) is 13.8 Å². The Labute approximate surface area is 296 Å². The summed E-state index contributed by atoms with van der Waals surface area (Å²) in [5.41, 5.74) is 1.28. The maximum atomic E-state index is 13.8. The molecule has 0 aromatic rings. The van der Waals surface area contributed by atoms with Gasteiger partial charge in [0.05, 0.1) is 12.0 Å². The molecule has 6 rings (SSSR count). The van der Waals surface area contributed by atoms with Crippen molar-refractivity contribution in [2.45, 2.75) is 157 Å². The zero-order chi connectivity index (χ0) is 35.6. The molecule has 8 atom stereocenters. The van der Waals surface area contributed by atoms with Crippen LogP contribution < -0.4 is 5.32 Å². The van der Waals surface area contributed by atoms with Crippen molar-refractivity contribution in [3.8, 4) is 0 Å². The Balaban J connectivity index is 1.21. The van der Waals surface area contributed by atoms with Crippen LogP contribution in [-0.4, -0.2) is 60.1 Å². The molecule has 49 heavy (non-hydrogen) atoms. The number of carbonyl (C=O) groups excluding carboxylic acids is 4. The van der Waals surface area contributed by atoms with Crippen molar-refractivity contribution >= 4 is 23.9 Å². The van der Waals surface area contributed by atoms with Crippen LogP contribution in [0.25, 0.3) is 0 Å². The predicted molar refractivity (Wildman–Crippen MR) is 193 cm³/mol. The van der Waals surface area contributed by atoms with E-state index < -0.39 is 11.0 Å². The average Bonchev–Trinajstić information content (AvgIpc) is 3.63. The molecule has 1 heterocycles. The molecule has 1 amide bonds. The second-order valence-electron chi connectivity index (χ2n) is 19.5. The molecule has 0 bridgehead atoms. The minimum Gasteiger partial charge on any atom is -0.462 e. The second kappa shape index (κ2) is 13.2. The van der Waals surface area contributed by atoms with Crippen LogP contribution in [0.2, 0.25) is 0 Å². The fourth-order valence-corrected chi connectivity index (χ4v) is 13.0. The lowest BCUT2D eigenvalue weighted by atomic mass is 9.37. The number of aldehydes is 1. The number of rotatable bonds is 10. The Kier molecular flexibility index (Phi) is 9.90. The van der Waals surface area contributed by atoms with Crippen LogP contribution in [0, 0.1) is 51.2 Å². The number of carbonyl (C=O) groups is 4. The molecule has 0 spiro atoms. The van der Waals surface area contributed by atoms with Gasteiger partial charge in [-0.15, -0.1) is 0 Å².